The van der Waals surface area contributed by atoms with E-state index in [9.17, 15) is 4.79 Å². The molecule has 24 heavy (non-hydrogen) atoms. The zero-order valence-electron chi connectivity index (χ0n) is 12.8. The molecule has 0 bridgehead atoms. The molecule has 0 aliphatic carbocycles. The van der Waals surface area contributed by atoms with Crippen LogP contribution in [0.15, 0.2) is 42.5 Å². The van der Waals surface area contributed by atoms with Crippen LogP contribution in [0.5, 0.6) is 0 Å². The number of nitrogens with one attached hydrogen (secondary N) is 1. The Balaban J connectivity index is 2.14. The Bertz CT molecular complexity index is 734. The highest BCUT2D eigenvalue weighted by Gasteiger charge is 2.12. The van der Waals surface area contributed by atoms with Crippen molar-refractivity contribution >= 4 is 29.1 Å². The minimum atomic E-state index is -0.551. The van der Waals surface area contributed by atoms with Gasteiger partial charge in [0.2, 0.25) is 0 Å². The molecule has 6 heteroatoms. The van der Waals surface area contributed by atoms with Crippen LogP contribution in [-0.4, -0.2) is 22.6 Å². The molecule has 124 valence electrons. The maximum Gasteiger partial charge on any atom is 0.274 e. The molecule has 0 heterocycles. The third-order valence-corrected chi connectivity index (χ3v) is 4.19. The standard InChI is InChI=1S/C18H16Cl2N2O2/c1-2-10-22(12-15-16(19)4-3-5-17(15)20)11-13-6-8-14(9-7-13)18(23)21-24/h1,3-9,24H,10-12H2,(H,21,23). The maximum atomic E-state index is 11.3. The molecule has 2 N–H and O–H groups in total. The summed E-state index contributed by atoms with van der Waals surface area (Å²) in [6.45, 7) is 1.52. The lowest BCUT2D eigenvalue weighted by Crippen LogP contribution is -2.23. The van der Waals surface area contributed by atoms with Crippen molar-refractivity contribution in [3.8, 4) is 12.3 Å². The number of hydroxylamine groups is 1. The number of nitrogens with zero attached hydrogens (tertiary/aromatic N) is 1. The fourth-order valence-electron chi connectivity index (χ4n) is 2.29. The van der Waals surface area contributed by atoms with Gasteiger partial charge in [0.05, 0.1) is 6.54 Å². The van der Waals surface area contributed by atoms with Crippen LogP contribution in [0.1, 0.15) is 21.5 Å². The summed E-state index contributed by atoms with van der Waals surface area (Å²) in [6.07, 6.45) is 5.46. The molecule has 0 aromatic heterocycles. The first-order valence-corrected chi connectivity index (χ1v) is 7.93. The van der Waals surface area contributed by atoms with Crippen LogP contribution in [0.4, 0.5) is 0 Å². The second kappa shape index (κ2) is 8.72. The van der Waals surface area contributed by atoms with Crippen LogP contribution in [0, 0.1) is 12.3 Å². The van der Waals surface area contributed by atoms with Gasteiger partial charge >= 0.3 is 0 Å². The number of hydrogen-bond acceptors (Lipinski definition) is 3. The molecule has 0 fully saturated rings. The fourth-order valence-corrected chi connectivity index (χ4v) is 2.81. The van der Waals surface area contributed by atoms with Crippen molar-refractivity contribution in [1.29, 1.82) is 0 Å². The van der Waals surface area contributed by atoms with E-state index in [1.54, 1.807) is 35.8 Å². The normalized spacial score (nSPS) is 10.5. The molecule has 0 aliphatic rings. The number of halogens is 2. The highest BCUT2D eigenvalue weighted by molar-refractivity contribution is 6.35. The molecule has 2 rings (SSSR count). The van der Waals surface area contributed by atoms with Crippen LogP contribution in [0.2, 0.25) is 10.0 Å². The number of hydrogen-bond donors (Lipinski definition) is 2. The van der Waals surface area contributed by atoms with Gasteiger partial charge in [-0.1, -0.05) is 47.3 Å². The van der Waals surface area contributed by atoms with Gasteiger partial charge in [-0.2, -0.15) is 0 Å². The number of benzene rings is 2. The third kappa shape index (κ3) is 4.73. The van der Waals surface area contributed by atoms with E-state index < -0.39 is 5.91 Å². The fraction of sp³-hybridized carbons (Fsp3) is 0.167. The summed E-state index contributed by atoms with van der Waals surface area (Å²) in [6, 6.07) is 12.3. The molecular weight excluding hydrogens is 347 g/mol. The van der Waals surface area contributed by atoms with Crippen LogP contribution < -0.4 is 5.48 Å². The smallest absolute Gasteiger partial charge is 0.274 e. The van der Waals surface area contributed by atoms with Crippen molar-refractivity contribution in [1.82, 2.24) is 10.4 Å². The molecule has 1 amide bonds. The average molecular weight is 363 g/mol. The molecule has 0 aliphatic heterocycles. The van der Waals surface area contributed by atoms with Gasteiger partial charge < -0.3 is 0 Å². The van der Waals surface area contributed by atoms with Crippen LogP contribution in [0.3, 0.4) is 0 Å². The number of carbonyl (C=O) groups is 1. The molecule has 0 atom stereocenters. The lowest BCUT2D eigenvalue weighted by atomic mass is 10.1. The number of terminal acetylenes is 1. The van der Waals surface area contributed by atoms with E-state index in [2.05, 4.69) is 5.92 Å². The minimum absolute atomic E-state index is 0.374. The predicted molar refractivity (Wildman–Crippen MR) is 95.1 cm³/mol. The summed E-state index contributed by atoms with van der Waals surface area (Å²) in [5, 5.41) is 9.83. The highest BCUT2D eigenvalue weighted by atomic mass is 35.5. The number of carbonyl (C=O) groups excluding carboxylic acids is 1. The predicted octanol–water partition coefficient (Wildman–Crippen LogP) is 3.75. The largest absolute Gasteiger partial charge is 0.288 e. The van der Waals surface area contributed by atoms with E-state index in [0.29, 0.717) is 35.2 Å². The topological polar surface area (TPSA) is 52.6 Å². The molecule has 4 nitrogen and oxygen atoms in total. The molecule has 0 saturated heterocycles. The van der Waals surface area contributed by atoms with Crippen molar-refractivity contribution in [2.75, 3.05) is 6.54 Å². The summed E-state index contributed by atoms with van der Waals surface area (Å²) in [4.78, 5) is 13.4. The van der Waals surface area contributed by atoms with Gasteiger partial charge in [-0.25, -0.2) is 5.48 Å². The van der Waals surface area contributed by atoms with Crippen LogP contribution >= 0.6 is 23.2 Å². The van der Waals surface area contributed by atoms with Crippen molar-refractivity contribution in [2.24, 2.45) is 0 Å². The number of rotatable bonds is 6. The second-order valence-corrected chi connectivity index (χ2v) is 6.00. The average Bonchev–Trinajstić information content (AvgIpc) is 2.58. The minimum Gasteiger partial charge on any atom is -0.288 e. The van der Waals surface area contributed by atoms with E-state index >= 15 is 0 Å². The molecule has 0 spiro atoms. The zero-order chi connectivity index (χ0) is 17.5. The third-order valence-electron chi connectivity index (χ3n) is 3.48. The summed E-state index contributed by atoms with van der Waals surface area (Å²) < 4.78 is 0. The van der Waals surface area contributed by atoms with Crippen molar-refractivity contribution in [2.45, 2.75) is 13.1 Å². The SMILES string of the molecule is C#CCN(Cc1ccc(C(=O)NO)cc1)Cc1c(Cl)cccc1Cl. The van der Waals surface area contributed by atoms with Gasteiger partial charge in [0.15, 0.2) is 0 Å². The maximum absolute atomic E-state index is 11.3. The first-order chi connectivity index (χ1) is 11.5. The quantitative estimate of drug-likeness (QED) is 0.467. The Morgan fingerprint density at radius 1 is 1.12 bits per heavy atom. The van der Waals surface area contributed by atoms with Crippen LogP contribution in [0.25, 0.3) is 0 Å². The lowest BCUT2D eigenvalue weighted by molar-refractivity contribution is 0.0706. The van der Waals surface area contributed by atoms with Gasteiger partial charge in [0.25, 0.3) is 5.91 Å². The molecule has 2 aromatic carbocycles. The van der Waals surface area contributed by atoms with E-state index in [1.807, 2.05) is 17.0 Å². The first-order valence-electron chi connectivity index (χ1n) is 7.17. The molecule has 0 radical (unpaired) electrons. The summed E-state index contributed by atoms with van der Waals surface area (Å²) >= 11 is 12.4. The Kier molecular flexibility index (Phi) is 6.65. The van der Waals surface area contributed by atoms with Gasteiger partial charge in [-0.15, -0.1) is 6.42 Å². The van der Waals surface area contributed by atoms with E-state index in [-0.39, 0.29) is 0 Å². The Hall–Kier alpha value is -2.03. The number of amides is 1. The Morgan fingerprint density at radius 3 is 2.29 bits per heavy atom. The van der Waals surface area contributed by atoms with E-state index in [1.165, 1.54) is 0 Å². The molecular formula is C18H16Cl2N2O2. The van der Waals surface area contributed by atoms with Crippen LogP contribution in [-0.2, 0) is 13.1 Å². The second-order valence-electron chi connectivity index (χ2n) is 5.19. The highest BCUT2D eigenvalue weighted by Crippen LogP contribution is 2.26. The summed E-state index contributed by atoms with van der Waals surface area (Å²) in [5.74, 6) is 2.08. The van der Waals surface area contributed by atoms with E-state index in [4.69, 9.17) is 34.8 Å². The summed E-state index contributed by atoms with van der Waals surface area (Å²) in [7, 11) is 0. The first kappa shape index (κ1) is 18.3. The molecule has 0 unspecified atom stereocenters. The lowest BCUT2D eigenvalue weighted by Gasteiger charge is -2.21. The zero-order valence-corrected chi connectivity index (χ0v) is 14.3. The monoisotopic (exact) mass is 362 g/mol. The molecule has 2 aromatic rings. The van der Waals surface area contributed by atoms with Crippen molar-refractivity contribution in [3.05, 3.63) is 69.2 Å². The van der Waals surface area contributed by atoms with Gasteiger partial charge in [0, 0.05) is 34.3 Å². The van der Waals surface area contributed by atoms with Gasteiger partial charge in [-0.3, -0.25) is 14.9 Å². The van der Waals surface area contributed by atoms with Gasteiger partial charge in [-0.05, 0) is 29.8 Å². The molecule has 0 saturated carbocycles. The van der Waals surface area contributed by atoms with Crippen molar-refractivity contribution in [3.63, 3.8) is 0 Å². The Labute approximate surface area is 151 Å². The van der Waals surface area contributed by atoms with Gasteiger partial charge in [0.1, 0.15) is 0 Å². The van der Waals surface area contributed by atoms with E-state index in [0.717, 1.165) is 11.1 Å². The Morgan fingerprint density at radius 2 is 1.75 bits per heavy atom. The van der Waals surface area contributed by atoms with Crippen molar-refractivity contribution < 1.29 is 10.0 Å². The summed E-state index contributed by atoms with van der Waals surface area (Å²) in [5.41, 5.74) is 3.78.